The number of benzene rings is 1. The Bertz CT molecular complexity index is 325. The Labute approximate surface area is 90.9 Å². The lowest BCUT2D eigenvalue weighted by Gasteiger charge is -2.20. The number of nitrogens with two attached hydrogens (primary N) is 1. The molecule has 0 aliphatic rings. The molecule has 15 heavy (non-hydrogen) atoms. The van der Waals surface area contributed by atoms with E-state index in [0.29, 0.717) is 0 Å². The fraction of sp³-hybridized carbons (Fsp3) is 0.500. The van der Waals surface area contributed by atoms with E-state index in [1.807, 2.05) is 26.0 Å². The van der Waals surface area contributed by atoms with Gasteiger partial charge in [0.05, 0.1) is 13.7 Å². The number of rotatable bonds is 4. The highest BCUT2D eigenvalue weighted by Gasteiger charge is 2.17. The van der Waals surface area contributed by atoms with Gasteiger partial charge >= 0.3 is 0 Å². The minimum atomic E-state index is -0.249. The van der Waals surface area contributed by atoms with Gasteiger partial charge in [-0.3, -0.25) is 0 Å². The first kappa shape index (κ1) is 12.0. The van der Waals surface area contributed by atoms with Crippen LogP contribution in [0.4, 0.5) is 0 Å². The molecule has 0 saturated heterocycles. The van der Waals surface area contributed by atoms with Crippen LogP contribution in [0.15, 0.2) is 18.2 Å². The van der Waals surface area contributed by atoms with E-state index in [1.54, 1.807) is 7.11 Å². The van der Waals surface area contributed by atoms with Crippen LogP contribution in [0.3, 0.4) is 0 Å². The van der Waals surface area contributed by atoms with Crippen LogP contribution >= 0.6 is 0 Å². The van der Waals surface area contributed by atoms with Gasteiger partial charge in [-0.15, -0.1) is 0 Å². The molecule has 0 fully saturated rings. The van der Waals surface area contributed by atoms with Crippen molar-refractivity contribution in [2.24, 2.45) is 5.73 Å². The maximum absolute atomic E-state index is 9.03. The van der Waals surface area contributed by atoms with Gasteiger partial charge < -0.3 is 15.6 Å². The second kappa shape index (κ2) is 5.14. The molecule has 3 N–H and O–H groups in total. The predicted molar refractivity (Wildman–Crippen MR) is 61.2 cm³/mol. The van der Waals surface area contributed by atoms with Crippen LogP contribution < -0.4 is 10.5 Å². The number of hydrogen-bond donors (Lipinski definition) is 2. The lowest BCUT2D eigenvalue weighted by Crippen LogP contribution is -2.30. The SMILES string of the molecule is COc1ccc(C)cc1C(C)C(N)CO. The van der Waals surface area contributed by atoms with Crippen LogP contribution in [0.5, 0.6) is 5.75 Å². The Kier molecular flexibility index (Phi) is 4.12. The largest absolute Gasteiger partial charge is 0.496 e. The summed E-state index contributed by atoms with van der Waals surface area (Å²) in [6.07, 6.45) is 0. The van der Waals surface area contributed by atoms with Crippen LogP contribution in [0, 0.1) is 6.92 Å². The zero-order valence-electron chi connectivity index (χ0n) is 9.53. The van der Waals surface area contributed by atoms with Crippen molar-refractivity contribution in [2.45, 2.75) is 25.8 Å². The van der Waals surface area contributed by atoms with E-state index in [4.69, 9.17) is 15.6 Å². The minimum absolute atomic E-state index is 0.0156. The van der Waals surface area contributed by atoms with Crippen molar-refractivity contribution in [2.75, 3.05) is 13.7 Å². The molecule has 1 rings (SSSR count). The van der Waals surface area contributed by atoms with Gasteiger partial charge in [-0.2, -0.15) is 0 Å². The average molecular weight is 209 g/mol. The smallest absolute Gasteiger partial charge is 0.122 e. The first-order chi connectivity index (χ1) is 7.10. The summed E-state index contributed by atoms with van der Waals surface area (Å²) in [5.74, 6) is 0.918. The summed E-state index contributed by atoms with van der Waals surface area (Å²) >= 11 is 0. The van der Waals surface area contributed by atoms with E-state index < -0.39 is 0 Å². The fourth-order valence-electron chi connectivity index (χ4n) is 1.60. The summed E-state index contributed by atoms with van der Waals surface area (Å²) in [6.45, 7) is 4.01. The van der Waals surface area contributed by atoms with Gasteiger partial charge in [-0.1, -0.05) is 24.6 Å². The Morgan fingerprint density at radius 2 is 2.13 bits per heavy atom. The van der Waals surface area contributed by atoms with Crippen molar-refractivity contribution in [1.29, 1.82) is 0 Å². The monoisotopic (exact) mass is 209 g/mol. The topological polar surface area (TPSA) is 55.5 Å². The van der Waals surface area contributed by atoms with Crippen LogP contribution in [0.25, 0.3) is 0 Å². The maximum Gasteiger partial charge on any atom is 0.122 e. The van der Waals surface area contributed by atoms with Crippen molar-refractivity contribution in [3.63, 3.8) is 0 Å². The lowest BCUT2D eigenvalue weighted by atomic mass is 9.92. The Balaban J connectivity index is 3.05. The molecule has 0 saturated carbocycles. The second-order valence-electron chi connectivity index (χ2n) is 3.88. The van der Waals surface area contributed by atoms with Crippen LogP contribution in [0.1, 0.15) is 24.0 Å². The highest BCUT2D eigenvalue weighted by atomic mass is 16.5. The lowest BCUT2D eigenvalue weighted by molar-refractivity contribution is 0.251. The molecule has 3 heteroatoms. The summed E-state index contributed by atoms with van der Waals surface area (Å²) in [5.41, 5.74) is 8.04. The highest BCUT2D eigenvalue weighted by Crippen LogP contribution is 2.28. The molecule has 0 aromatic heterocycles. The average Bonchev–Trinajstić information content (AvgIpc) is 2.27. The molecule has 1 aromatic carbocycles. The van der Waals surface area contributed by atoms with Crippen molar-refractivity contribution < 1.29 is 9.84 Å². The third kappa shape index (κ3) is 2.70. The first-order valence-electron chi connectivity index (χ1n) is 5.11. The van der Waals surface area contributed by atoms with Gasteiger partial charge in [0.15, 0.2) is 0 Å². The third-order valence-corrected chi connectivity index (χ3v) is 2.73. The molecule has 0 bridgehead atoms. The molecule has 1 aromatic rings. The van der Waals surface area contributed by atoms with E-state index >= 15 is 0 Å². The van der Waals surface area contributed by atoms with E-state index in [1.165, 1.54) is 5.56 Å². The number of aliphatic hydroxyl groups excluding tert-OH is 1. The summed E-state index contributed by atoms with van der Waals surface area (Å²) < 4.78 is 5.28. The number of ether oxygens (including phenoxy) is 1. The zero-order valence-corrected chi connectivity index (χ0v) is 9.53. The van der Waals surface area contributed by atoms with E-state index in [0.717, 1.165) is 11.3 Å². The van der Waals surface area contributed by atoms with Crippen LogP contribution in [-0.4, -0.2) is 24.9 Å². The summed E-state index contributed by atoms with van der Waals surface area (Å²) in [6, 6.07) is 5.74. The summed E-state index contributed by atoms with van der Waals surface area (Å²) in [4.78, 5) is 0. The third-order valence-electron chi connectivity index (χ3n) is 2.73. The molecule has 0 amide bonds. The Hall–Kier alpha value is -1.06. The molecule has 0 aliphatic heterocycles. The summed E-state index contributed by atoms with van der Waals surface area (Å²) in [5, 5.41) is 9.03. The molecule has 0 radical (unpaired) electrons. The van der Waals surface area contributed by atoms with Gasteiger partial charge in [0.2, 0.25) is 0 Å². The minimum Gasteiger partial charge on any atom is -0.496 e. The maximum atomic E-state index is 9.03. The van der Waals surface area contributed by atoms with E-state index in [9.17, 15) is 0 Å². The van der Waals surface area contributed by atoms with Gasteiger partial charge in [0, 0.05) is 12.0 Å². The molecule has 0 heterocycles. The Morgan fingerprint density at radius 1 is 1.47 bits per heavy atom. The second-order valence-corrected chi connectivity index (χ2v) is 3.88. The zero-order chi connectivity index (χ0) is 11.4. The van der Waals surface area contributed by atoms with Crippen LogP contribution in [0.2, 0.25) is 0 Å². The van der Waals surface area contributed by atoms with E-state index in [-0.39, 0.29) is 18.6 Å². The molecular weight excluding hydrogens is 190 g/mol. The van der Waals surface area contributed by atoms with Gasteiger partial charge in [-0.25, -0.2) is 0 Å². The van der Waals surface area contributed by atoms with Crippen LogP contribution in [-0.2, 0) is 0 Å². The molecular formula is C12H19NO2. The fourth-order valence-corrected chi connectivity index (χ4v) is 1.60. The van der Waals surface area contributed by atoms with Gasteiger partial charge in [-0.05, 0) is 18.6 Å². The predicted octanol–water partition coefficient (Wildman–Crippen LogP) is 1.43. The number of hydrogen-bond acceptors (Lipinski definition) is 3. The molecule has 0 aliphatic carbocycles. The quantitative estimate of drug-likeness (QED) is 0.788. The summed E-state index contributed by atoms with van der Waals surface area (Å²) in [7, 11) is 1.64. The molecule has 84 valence electrons. The van der Waals surface area contributed by atoms with E-state index in [2.05, 4.69) is 6.07 Å². The van der Waals surface area contributed by atoms with Gasteiger partial charge in [0.25, 0.3) is 0 Å². The number of aliphatic hydroxyl groups is 1. The number of aryl methyl sites for hydroxylation is 1. The molecule has 2 atom stereocenters. The molecule has 3 nitrogen and oxygen atoms in total. The van der Waals surface area contributed by atoms with Crippen molar-refractivity contribution >= 4 is 0 Å². The number of methoxy groups -OCH3 is 1. The van der Waals surface area contributed by atoms with Crippen molar-refractivity contribution in [3.8, 4) is 5.75 Å². The molecule has 0 spiro atoms. The van der Waals surface area contributed by atoms with Crippen molar-refractivity contribution in [1.82, 2.24) is 0 Å². The van der Waals surface area contributed by atoms with Crippen molar-refractivity contribution in [3.05, 3.63) is 29.3 Å². The normalized spacial score (nSPS) is 14.7. The highest BCUT2D eigenvalue weighted by molar-refractivity contribution is 5.39. The van der Waals surface area contributed by atoms with Gasteiger partial charge in [0.1, 0.15) is 5.75 Å². The Morgan fingerprint density at radius 3 is 2.67 bits per heavy atom. The molecule has 2 unspecified atom stereocenters. The first-order valence-corrected chi connectivity index (χ1v) is 5.11. The standard InChI is InChI=1S/C12H19NO2/c1-8-4-5-12(15-3)10(6-8)9(2)11(13)7-14/h4-6,9,11,14H,7,13H2,1-3H3.